The summed E-state index contributed by atoms with van der Waals surface area (Å²) in [7, 11) is -6.22. The van der Waals surface area contributed by atoms with Crippen LogP contribution in [0.1, 0.15) is 44.9 Å². The summed E-state index contributed by atoms with van der Waals surface area (Å²) < 4.78 is 73.2. The molecule has 0 aliphatic carbocycles. The van der Waals surface area contributed by atoms with E-state index >= 15 is 0 Å². The lowest BCUT2D eigenvalue weighted by atomic mass is 10.0. The summed E-state index contributed by atoms with van der Waals surface area (Å²) in [6.45, 7) is 2.24. The lowest BCUT2D eigenvalue weighted by Crippen LogP contribution is -2.29. The topological polar surface area (TPSA) is 133 Å². The SMILES string of the molecule is CCOC(=O)c1cc(C(=O)O)c(C(=O)OCC)cc1OS(=O)(=O)C(F)(F)F. The standard InChI is InChI=1S/C14H13F3O9S/c1-3-24-12(20)8-6-10(26-27(22,23)14(15,16)17)9(13(21)25-4-2)5-7(8)11(18)19/h5-6H,3-4H2,1-2H3,(H,18,19). The van der Waals surface area contributed by atoms with Crippen molar-refractivity contribution < 1.29 is 54.7 Å². The van der Waals surface area contributed by atoms with Gasteiger partial charge < -0.3 is 18.8 Å². The zero-order valence-corrected chi connectivity index (χ0v) is 14.6. The van der Waals surface area contributed by atoms with Gasteiger partial charge in [-0.2, -0.15) is 21.6 Å². The van der Waals surface area contributed by atoms with Crippen molar-refractivity contribution in [1.82, 2.24) is 0 Å². The van der Waals surface area contributed by atoms with Crippen molar-refractivity contribution in [2.45, 2.75) is 19.4 Å². The van der Waals surface area contributed by atoms with E-state index in [1.165, 1.54) is 13.8 Å². The second-order valence-electron chi connectivity index (χ2n) is 4.62. The number of carbonyl (C=O) groups is 3. The highest BCUT2D eigenvalue weighted by Crippen LogP contribution is 2.32. The number of carboxylic acids is 1. The largest absolute Gasteiger partial charge is 0.534 e. The zero-order chi connectivity index (χ0) is 21.0. The molecule has 0 saturated heterocycles. The van der Waals surface area contributed by atoms with Crippen LogP contribution in [0.15, 0.2) is 12.1 Å². The van der Waals surface area contributed by atoms with Gasteiger partial charge in [0.15, 0.2) is 5.75 Å². The van der Waals surface area contributed by atoms with E-state index in [1.54, 1.807) is 0 Å². The van der Waals surface area contributed by atoms with Gasteiger partial charge in [-0.1, -0.05) is 0 Å². The first-order chi connectivity index (χ1) is 12.4. The van der Waals surface area contributed by atoms with Crippen LogP contribution in [-0.4, -0.2) is 50.2 Å². The van der Waals surface area contributed by atoms with Gasteiger partial charge in [0.05, 0.1) is 24.3 Å². The van der Waals surface area contributed by atoms with Gasteiger partial charge in [-0.25, -0.2) is 14.4 Å². The molecule has 1 aromatic carbocycles. The van der Waals surface area contributed by atoms with Crippen LogP contribution in [0.25, 0.3) is 0 Å². The number of esters is 2. The Bertz CT molecular complexity index is 859. The number of carboxylic acid groups (broad SMARTS) is 1. The molecule has 0 atom stereocenters. The highest BCUT2D eigenvalue weighted by molar-refractivity contribution is 7.88. The predicted octanol–water partition coefficient (Wildman–Crippen LogP) is 1.97. The third-order valence-electron chi connectivity index (χ3n) is 2.82. The first-order valence-electron chi connectivity index (χ1n) is 7.12. The summed E-state index contributed by atoms with van der Waals surface area (Å²) in [5, 5.41) is 9.17. The Morgan fingerprint density at radius 3 is 1.85 bits per heavy atom. The molecule has 13 heteroatoms. The van der Waals surface area contributed by atoms with Crippen LogP contribution in [0.5, 0.6) is 5.75 Å². The molecule has 0 radical (unpaired) electrons. The van der Waals surface area contributed by atoms with Crippen molar-refractivity contribution >= 4 is 28.0 Å². The van der Waals surface area contributed by atoms with Crippen molar-refractivity contribution in [2.24, 2.45) is 0 Å². The fourth-order valence-corrected chi connectivity index (χ4v) is 2.21. The minimum absolute atomic E-state index is 0.214. The summed E-state index contributed by atoms with van der Waals surface area (Å²) in [6.07, 6.45) is 0. The van der Waals surface area contributed by atoms with E-state index < -0.39 is 56.0 Å². The number of aromatic carboxylic acids is 1. The van der Waals surface area contributed by atoms with Crippen LogP contribution in [0.4, 0.5) is 13.2 Å². The Morgan fingerprint density at radius 1 is 0.963 bits per heavy atom. The molecular formula is C14H13F3O9S. The third-order valence-corrected chi connectivity index (χ3v) is 3.79. The quantitative estimate of drug-likeness (QED) is 0.404. The normalized spacial score (nSPS) is 11.6. The van der Waals surface area contributed by atoms with Crippen molar-refractivity contribution in [2.75, 3.05) is 13.2 Å². The minimum atomic E-state index is -6.22. The van der Waals surface area contributed by atoms with Gasteiger partial charge in [0.1, 0.15) is 5.56 Å². The number of halogens is 3. The molecule has 0 saturated carbocycles. The molecule has 1 N–H and O–H groups in total. The molecule has 0 aliphatic heterocycles. The molecule has 0 aliphatic rings. The van der Waals surface area contributed by atoms with E-state index in [9.17, 15) is 41.1 Å². The van der Waals surface area contributed by atoms with Gasteiger partial charge in [0.2, 0.25) is 0 Å². The van der Waals surface area contributed by atoms with E-state index in [2.05, 4.69) is 13.7 Å². The van der Waals surface area contributed by atoms with Crippen LogP contribution in [0, 0.1) is 0 Å². The number of carbonyl (C=O) groups excluding carboxylic acids is 2. The molecule has 0 spiro atoms. The molecule has 9 nitrogen and oxygen atoms in total. The van der Waals surface area contributed by atoms with Crippen LogP contribution in [0.2, 0.25) is 0 Å². The maximum atomic E-state index is 12.6. The van der Waals surface area contributed by atoms with Gasteiger partial charge in [0, 0.05) is 0 Å². The van der Waals surface area contributed by atoms with Crippen LogP contribution >= 0.6 is 0 Å². The zero-order valence-electron chi connectivity index (χ0n) is 13.8. The van der Waals surface area contributed by atoms with Crippen molar-refractivity contribution in [3.05, 3.63) is 28.8 Å². The Morgan fingerprint density at radius 2 is 1.44 bits per heavy atom. The first-order valence-corrected chi connectivity index (χ1v) is 8.52. The number of hydrogen-bond donors (Lipinski definition) is 1. The number of rotatable bonds is 7. The van der Waals surface area contributed by atoms with Gasteiger partial charge in [0.25, 0.3) is 0 Å². The average molecular weight is 414 g/mol. The minimum Gasteiger partial charge on any atom is -0.478 e. The summed E-state index contributed by atoms with van der Waals surface area (Å²) in [5.41, 5.74) is -8.41. The van der Waals surface area contributed by atoms with Crippen molar-refractivity contribution in [3.63, 3.8) is 0 Å². The van der Waals surface area contributed by atoms with Gasteiger partial charge in [-0.15, -0.1) is 0 Å². The van der Waals surface area contributed by atoms with Crippen LogP contribution in [0.3, 0.4) is 0 Å². The van der Waals surface area contributed by atoms with Gasteiger partial charge in [-0.3, -0.25) is 0 Å². The molecule has 0 aromatic heterocycles. The highest BCUT2D eigenvalue weighted by atomic mass is 32.2. The van der Waals surface area contributed by atoms with E-state index in [1.807, 2.05) is 0 Å². The van der Waals surface area contributed by atoms with Crippen molar-refractivity contribution in [1.29, 1.82) is 0 Å². The molecule has 1 aromatic rings. The second kappa shape index (κ2) is 8.24. The molecule has 150 valence electrons. The molecule has 0 fully saturated rings. The molecule has 0 heterocycles. The molecular weight excluding hydrogens is 401 g/mol. The number of hydrogen-bond acceptors (Lipinski definition) is 8. The summed E-state index contributed by atoms with van der Waals surface area (Å²) in [5.74, 6) is -5.60. The smallest absolute Gasteiger partial charge is 0.478 e. The number of alkyl halides is 3. The van der Waals surface area contributed by atoms with E-state index in [0.29, 0.717) is 12.1 Å². The van der Waals surface area contributed by atoms with E-state index in [0.717, 1.165) is 0 Å². The molecule has 0 unspecified atom stereocenters. The molecule has 27 heavy (non-hydrogen) atoms. The van der Waals surface area contributed by atoms with Crippen molar-refractivity contribution in [3.8, 4) is 5.75 Å². The Kier molecular flexibility index (Phi) is 6.78. The molecule has 1 rings (SSSR count). The summed E-state index contributed by atoms with van der Waals surface area (Å²) in [6, 6.07) is 0.824. The van der Waals surface area contributed by atoms with Gasteiger partial charge >= 0.3 is 33.5 Å². The molecule has 0 amide bonds. The average Bonchev–Trinajstić information content (AvgIpc) is 2.53. The second-order valence-corrected chi connectivity index (χ2v) is 6.16. The van der Waals surface area contributed by atoms with Crippen LogP contribution < -0.4 is 4.18 Å². The number of benzene rings is 1. The van der Waals surface area contributed by atoms with E-state index in [-0.39, 0.29) is 13.2 Å². The Hall–Kier alpha value is -2.83. The lowest BCUT2D eigenvalue weighted by molar-refractivity contribution is -0.0500. The summed E-state index contributed by atoms with van der Waals surface area (Å²) >= 11 is 0. The fraction of sp³-hybridized carbons (Fsp3) is 0.357. The number of ether oxygens (including phenoxy) is 2. The Labute approximate surface area is 150 Å². The fourth-order valence-electron chi connectivity index (χ4n) is 1.74. The molecule has 0 bridgehead atoms. The third kappa shape index (κ3) is 5.09. The maximum Gasteiger partial charge on any atom is 0.534 e. The van der Waals surface area contributed by atoms with Crippen LogP contribution in [-0.2, 0) is 19.6 Å². The maximum absolute atomic E-state index is 12.6. The monoisotopic (exact) mass is 414 g/mol. The Balaban J connectivity index is 3.70. The van der Waals surface area contributed by atoms with E-state index in [4.69, 9.17) is 0 Å². The van der Waals surface area contributed by atoms with Gasteiger partial charge in [-0.05, 0) is 26.0 Å². The first kappa shape index (κ1) is 22.2. The lowest BCUT2D eigenvalue weighted by Gasteiger charge is -2.15. The predicted molar refractivity (Wildman–Crippen MR) is 80.9 cm³/mol. The summed E-state index contributed by atoms with van der Waals surface area (Å²) in [4.78, 5) is 35.1. The highest BCUT2D eigenvalue weighted by Gasteiger charge is 2.49.